The Hall–Kier alpha value is -3.47. The number of fused-ring (bicyclic) bond motifs is 1. The fraction of sp³-hybridized carbons (Fsp3) is 0.0952. The standard InChI is InChI=1S/C21H17NO4/c23-21(22-13-18-6-3-11-24-18)20-10-9-19(26-20)14-25-17-8-7-15-4-1-2-5-16(15)12-17/h1-12H,13-14H2,(H,22,23). The first-order valence-electron chi connectivity index (χ1n) is 8.29. The molecule has 2 heterocycles. The fourth-order valence-electron chi connectivity index (χ4n) is 2.66. The van der Waals surface area contributed by atoms with Gasteiger partial charge in [0.1, 0.15) is 23.9 Å². The van der Waals surface area contributed by atoms with Crippen molar-refractivity contribution < 1.29 is 18.4 Å². The van der Waals surface area contributed by atoms with E-state index in [0.29, 0.717) is 18.1 Å². The smallest absolute Gasteiger partial charge is 0.287 e. The van der Waals surface area contributed by atoms with E-state index >= 15 is 0 Å². The Morgan fingerprint density at radius 1 is 0.923 bits per heavy atom. The zero-order chi connectivity index (χ0) is 17.8. The molecule has 4 rings (SSSR count). The molecule has 0 saturated heterocycles. The van der Waals surface area contributed by atoms with Gasteiger partial charge in [-0.25, -0.2) is 0 Å². The van der Waals surface area contributed by atoms with Crippen LogP contribution in [0.3, 0.4) is 0 Å². The molecule has 0 aliphatic rings. The van der Waals surface area contributed by atoms with Crippen LogP contribution in [0.4, 0.5) is 0 Å². The molecule has 0 aliphatic carbocycles. The Balaban J connectivity index is 1.36. The predicted octanol–water partition coefficient (Wildman–Crippen LogP) is 4.53. The summed E-state index contributed by atoms with van der Waals surface area (Å²) in [5.41, 5.74) is 0. The van der Waals surface area contributed by atoms with Crippen LogP contribution in [0.5, 0.6) is 5.75 Å². The first kappa shape index (κ1) is 16.0. The summed E-state index contributed by atoms with van der Waals surface area (Å²) in [6.07, 6.45) is 1.57. The maximum Gasteiger partial charge on any atom is 0.287 e. The van der Waals surface area contributed by atoms with Crippen molar-refractivity contribution in [1.82, 2.24) is 5.32 Å². The van der Waals surface area contributed by atoms with E-state index in [9.17, 15) is 4.79 Å². The van der Waals surface area contributed by atoms with Crippen molar-refractivity contribution in [2.24, 2.45) is 0 Å². The molecule has 5 heteroatoms. The number of ether oxygens (including phenoxy) is 1. The number of furan rings is 2. The van der Waals surface area contributed by atoms with E-state index in [4.69, 9.17) is 13.6 Å². The number of nitrogens with one attached hydrogen (secondary N) is 1. The molecule has 0 atom stereocenters. The molecule has 0 unspecified atom stereocenters. The fourth-order valence-corrected chi connectivity index (χ4v) is 2.66. The van der Waals surface area contributed by atoms with Crippen LogP contribution in [0.1, 0.15) is 22.1 Å². The molecule has 1 amide bonds. The number of carbonyl (C=O) groups excluding carboxylic acids is 1. The molecular formula is C21H17NO4. The normalized spacial score (nSPS) is 10.8. The number of benzene rings is 2. The molecule has 2 aromatic heterocycles. The lowest BCUT2D eigenvalue weighted by Crippen LogP contribution is -2.21. The quantitative estimate of drug-likeness (QED) is 0.556. The molecule has 0 radical (unpaired) electrons. The number of amides is 1. The lowest BCUT2D eigenvalue weighted by molar-refractivity contribution is 0.0916. The first-order valence-corrected chi connectivity index (χ1v) is 8.29. The van der Waals surface area contributed by atoms with Crippen LogP contribution >= 0.6 is 0 Å². The van der Waals surface area contributed by atoms with Crippen molar-refractivity contribution in [3.05, 3.63) is 90.3 Å². The second-order valence-electron chi connectivity index (χ2n) is 5.83. The van der Waals surface area contributed by atoms with E-state index in [1.165, 1.54) is 0 Å². The molecule has 0 spiro atoms. The highest BCUT2D eigenvalue weighted by atomic mass is 16.5. The molecule has 5 nitrogen and oxygen atoms in total. The maximum atomic E-state index is 12.1. The van der Waals surface area contributed by atoms with E-state index in [2.05, 4.69) is 11.4 Å². The van der Waals surface area contributed by atoms with Crippen molar-refractivity contribution >= 4 is 16.7 Å². The molecule has 130 valence electrons. The highest BCUT2D eigenvalue weighted by Crippen LogP contribution is 2.21. The Bertz CT molecular complexity index is 1020. The molecule has 0 fully saturated rings. The van der Waals surface area contributed by atoms with Gasteiger partial charge in [0, 0.05) is 0 Å². The third-order valence-corrected chi connectivity index (χ3v) is 3.99. The van der Waals surface area contributed by atoms with Crippen LogP contribution < -0.4 is 10.1 Å². The average Bonchev–Trinajstić information content (AvgIpc) is 3.36. The summed E-state index contributed by atoms with van der Waals surface area (Å²) in [7, 11) is 0. The van der Waals surface area contributed by atoms with Gasteiger partial charge in [-0.3, -0.25) is 4.79 Å². The molecule has 0 bridgehead atoms. The van der Waals surface area contributed by atoms with E-state index in [1.54, 1.807) is 30.5 Å². The summed E-state index contributed by atoms with van der Waals surface area (Å²) in [4.78, 5) is 12.1. The monoisotopic (exact) mass is 347 g/mol. The molecule has 4 aromatic rings. The van der Waals surface area contributed by atoms with Crippen LogP contribution in [0.15, 0.2) is 81.8 Å². The van der Waals surface area contributed by atoms with Crippen LogP contribution in [0.25, 0.3) is 10.8 Å². The second-order valence-corrected chi connectivity index (χ2v) is 5.83. The number of carbonyl (C=O) groups is 1. The summed E-state index contributed by atoms with van der Waals surface area (Å²) in [5.74, 6) is 1.97. The summed E-state index contributed by atoms with van der Waals surface area (Å²) in [5, 5.41) is 5.02. The summed E-state index contributed by atoms with van der Waals surface area (Å²) >= 11 is 0. The molecule has 0 saturated carbocycles. The van der Waals surface area contributed by atoms with Crippen LogP contribution in [0, 0.1) is 0 Å². The molecule has 26 heavy (non-hydrogen) atoms. The third kappa shape index (κ3) is 3.62. The predicted molar refractivity (Wildman–Crippen MR) is 96.9 cm³/mol. The summed E-state index contributed by atoms with van der Waals surface area (Å²) in [6, 6.07) is 20.9. The van der Waals surface area contributed by atoms with Gasteiger partial charge in [0.2, 0.25) is 0 Å². The number of rotatable bonds is 6. The minimum absolute atomic E-state index is 0.244. The summed E-state index contributed by atoms with van der Waals surface area (Å²) in [6.45, 7) is 0.569. The molecular weight excluding hydrogens is 330 g/mol. The second kappa shape index (κ2) is 7.19. The van der Waals surface area contributed by atoms with Gasteiger partial charge < -0.3 is 18.9 Å². The van der Waals surface area contributed by atoms with Gasteiger partial charge in [-0.2, -0.15) is 0 Å². The molecule has 1 N–H and O–H groups in total. The van der Waals surface area contributed by atoms with Crippen molar-refractivity contribution in [1.29, 1.82) is 0 Å². The van der Waals surface area contributed by atoms with E-state index in [0.717, 1.165) is 16.5 Å². The minimum Gasteiger partial charge on any atom is -0.486 e. The maximum absolute atomic E-state index is 12.1. The minimum atomic E-state index is -0.293. The van der Waals surface area contributed by atoms with Crippen LogP contribution in [-0.4, -0.2) is 5.91 Å². The van der Waals surface area contributed by atoms with E-state index in [1.807, 2.05) is 36.4 Å². The Labute approximate surface area is 150 Å². The van der Waals surface area contributed by atoms with Gasteiger partial charge in [-0.1, -0.05) is 30.3 Å². The zero-order valence-corrected chi connectivity index (χ0v) is 14.0. The van der Waals surface area contributed by atoms with Crippen LogP contribution in [0.2, 0.25) is 0 Å². The number of hydrogen-bond acceptors (Lipinski definition) is 4. The lowest BCUT2D eigenvalue weighted by atomic mass is 10.1. The third-order valence-electron chi connectivity index (χ3n) is 3.99. The zero-order valence-electron chi connectivity index (χ0n) is 14.0. The number of hydrogen-bond donors (Lipinski definition) is 1. The highest BCUT2D eigenvalue weighted by molar-refractivity contribution is 5.91. The molecule has 0 aliphatic heterocycles. The van der Waals surface area contributed by atoms with Gasteiger partial charge >= 0.3 is 0 Å². The van der Waals surface area contributed by atoms with Gasteiger partial charge in [-0.15, -0.1) is 0 Å². The van der Waals surface area contributed by atoms with Crippen molar-refractivity contribution in [2.75, 3.05) is 0 Å². The molecule has 2 aromatic carbocycles. The largest absolute Gasteiger partial charge is 0.486 e. The van der Waals surface area contributed by atoms with Gasteiger partial charge in [0.05, 0.1) is 12.8 Å². The van der Waals surface area contributed by atoms with Gasteiger partial charge in [0.15, 0.2) is 5.76 Å². The average molecular weight is 347 g/mol. The van der Waals surface area contributed by atoms with Crippen LogP contribution in [-0.2, 0) is 13.2 Å². The van der Waals surface area contributed by atoms with Crippen molar-refractivity contribution in [3.63, 3.8) is 0 Å². The van der Waals surface area contributed by atoms with Crippen molar-refractivity contribution in [2.45, 2.75) is 13.2 Å². The summed E-state index contributed by atoms with van der Waals surface area (Å²) < 4.78 is 16.5. The highest BCUT2D eigenvalue weighted by Gasteiger charge is 2.12. The topological polar surface area (TPSA) is 64.6 Å². The Kier molecular flexibility index (Phi) is 4.43. The Morgan fingerprint density at radius 2 is 1.81 bits per heavy atom. The SMILES string of the molecule is O=C(NCc1ccco1)c1ccc(COc2ccc3ccccc3c2)o1. The Morgan fingerprint density at radius 3 is 2.65 bits per heavy atom. The van der Waals surface area contributed by atoms with Gasteiger partial charge in [0.25, 0.3) is 5.91 Å². The first-order chi connectivity index (χ1) is 12.8. The van der Waals surface area contributed by atoms with E-state index < -0.39 is 0 Å². The lowest BCUT2D eigenvalue weighted by Gasteiger charge is -2.06. The van der Waals surface area contributed by atoms with Gasteiger partial charge in [-0.05, 0) is 47.2 Å². The van der Waals surface area contributed by atoms with E-state index in [-0.39, 0.29) is 18.3 Å². The van der Waals surface area contributed by atoms with Crippen molar-refractivity contribution in [3.8, 4) is 5.75 Å².